The largest absolute Gasteiger partial charge is 0.494 e. The Kier molecular flexibility index (Phi) is 12.2. The van der Waals surface area contributed by atoms with Gasteiger partial charge >= 0.3 is 0 Å². The molecule has 0 saturated carbocycles. The van der Waals surface area contributed by atoms with Crippen LogP contribution in [0.2, 0.25) is 5.02 Å². The van der Waals surface area contributed by atoms with Crippen LogP contribution in [0, 0.1) is 5.82 Å². The Labute approximate surface area is 252 Å². The van der Waals surface area contributed by atoms with Crippen LogP contribution >= 0.6 is 11.6 Å². The number of rotatable bonds is 15. The minimum Gasteiger partial charge on any atom is -0.494 e. The highest BCUT2D eigenvalue weighted by Crippen LogP contribution is 2.27. The molecule has 0 unspecified atom stereocenters. The number of carbonyl (C=O) groups is 2. The molecule has 0 aromatic heterocycles. The highest BCUT2D eigenvalue weighted by atomic mass is 35.5. The molecule has 0 saturated heterocycles. The number of unbranched alkanes of at least 4 members (excludes halogenated alkanes) is 1. The van der Waals surface area contributed by atoms with Crippen molar-refractivity contribution < 1.29 is 27.1 Å². The maximum atomic E-state index is 14.1. The molecule has 0 radical (unpaired) electrons. The van der Waals surface area contributed by atoms with Crippen molar-refractivity contribution in [3.63, 3.8) is 0 Å². The van der Waals surface area contributed by atoms with Crippen molar-refractivity contribution in [1.29, 1.82) is 0 Å². The van der Waals surface area contributed by atoms with Crippen LogP contribution < -0.4 is 14.4 Å². The minimum atomic E-state index is -4.24. The van der Waals surface area contributed by atoms with Gasteiger partial charge in [-0.1, -0.05) is 44.0 Å². The first-order chi connectivity index (χ1) is 20.1. The molecule has 0 fully saturated rings. The van der Waals surface area contributed by atoms with Gasteiger partial charge in [0.25, 0.3) is 10.0 Å². The van der Waals surface area contributed by atoms with Crippen molar-refractivity contribution in [2.24, 2.45) is 0 Å². The topological polar surface area (TPSA) is 96.0 Å². The lowest BCUT2D eigenvalue weighted by Crippen LogP contribution is -2.52. The molecule has 8 nitrogen and oxygen atoms in total. The van der Waals surface area contributed by atoms with Crippen molar-refractivity contribution >= 4 is 39.1 Å². The summed E-state index contributed by atoms with van der Waals surface area (Å²) >= 11 is 6.00. The van der Waals surface area contributed by atoms with Crippen molar-refractivity contribution in [2.45, 2.75) is 57.5 Å². The third-order valence-electron chi connectivity index (χ3n) is 6.60. The molecule has 3 aromatic rings. The molecule has 42 heavy (non-hydrogen) atoms. The Hall–Kier alpha value is -3.63. The lowest BCUT2D eigenvalue weighted by molar-refractivity contribution is -0.140. The van der Waals surface area contributed by atoms with Crippen molar-refractivity contribution in [2.75, 3.05) is 24.0 Å². The van der Waals surface area contributed by atoms with Gasteiger partial charge in [0.15, 0.2) is 0 Å². The van der Waals surface area contributed by atoms with Gasteiger partial charge < -0.3 is 15.0 Å². The number of anilines is 1. The van der Waals surface area contributed by atoms with Gasteiger partial charge in [-0.05, 0) is 86.0 Å². The standard InChI is InChI=1S/C31H37ClFN3O5S/c1-4-7-20-34-31(38)29(5-2)35(21-23-8-12-25(33)13-9-23)30(37)22-36(26-14-16-27(17-15-26)41-6-3)42(39,40)28-18-10-24(32)11-19-28/h8-19,29H,4-7,20-22H2,1-3H3,(H,34,38)/t29-/m1/s1. The van der Waals surface area contributed by atoms with E-state index in [1.807, 2.05) is 13.8 Å². The van der Waals surface area contributed by atoms with E-state index in [1.165, 1.54) is 53.4 Å². The molecule has 11 heteroatoms. The normalized spacial score (nSPS) is 11.9. The minimum absolute atomic E-state index is 0.0169. The average Bonchev–Trinajstić information content (AvgIpc) is 2.97. The molecule has 0 aliphatic rings. The van der Waals surface area contributed by atoms with E-state index in [9.17, 15) is 22.4 Å². The summed E-state index contributed by atoms with van der Waals surface area (Å²) in [5.41, 5.74) is 0.835. The second kappa shape index (κ2) is 15.6. The average molecular weight is 618 g/mol. The Morgan fingerprint density at radius 2 is 1.60 bits per heavy atom. The molecule has 3 aromatic carbocycles. The first kappa shape index (κ1) is 32.9. The highest BCUT2D eigenvalue weighted by molar-refractivity contribution is 7.92. The third kappa shape index (κ3) is 8.69. The first-order valence-corrected chi connectivity index (χ1v) is 15.7. The molecule has 0 aliphatic heterocycles. The van der Waals surface area contributed by atoms with Gasteiger partial charge in [0.1, 0.15) is 24.2 Å². The maximum absolute atomic E-state index is 14.1. The molecular formula is C31H37ClFN3O5S. The SMILES string of the molecule is CCCCNC(=O)[C@@H](CC)N(Cc1ccc(F)cc1)C(=O)CN(c1ccc(OCC)cc1)S(=O)(=O)c1ccc(Cl)cc1. The van der Waals surface area contributed by atoms with Crippen molar-refractivity contribution in [3.8, 4) is 5.75 Å². The second-order valence-electron chi connectivity index (χ2n) is 9.61. The number of nitrogens with one attached hydrogen (secondary N) is 1. The predicted molar refractivity (Wildman–Crippen MR) is 163 cm³/mol. The van der Waals surface area contributed by atoms with Crippen LogP contribution in [0.1, 0.15) is 45.6 Å². The molecular weight excluding hydrogens is 581 g/mol. The molecule has 2 amide bonds. The van der Waals surface area contributed by atoms with Crippen LogP contribution in [0.25, 0.3) is 0 Å². The molecule has 1 atom stereocenters. The number of carbonyl (C=O) groups excluding carboxylic acids is 2. The van der Waals surface area contributed by atoms with Crippen LogP contribution in [0.3, 0.4) is 0 Å². The summed E-state index contributed by atoms with van der Waals surface area (Å²) in [7, 11) is -4.24. The number of nitrogens with zero attached hydrogens (tertiary/aromatic N) is 2. The zero-order chi connectivity index (χ0) is 30.7. The van der Waals surface area contributed by atoms with Crippen molar-refractivity contribution in [1.82, 2.24) is 10.2 Å². The monoisotopic (exact) mass is 617 g/mol. The molecule has 226 valence electrons. The van der Waals surface area contributed by atoms with E-state index < -0.39 is 34.3 Å². The van der Waals surface area contributed by atoms with Gasteiger partial charge in [0, 0.05) is 18.1 Å². The van der Waals surface area contributed by atoms with E-state index in [1.54, 1.807) is 31.2 Å². The molecule has 0 bridgehead atoms. The lowest BCUT2D eigenvalue weighted by atomic mass is 10.1. The molecule has 1 N–H and O–H groups in total. The van der Waals surface area contributed by atoms with Gasteiger partial charge in [0.05, 0.1) is 17.2 Å². The number of hydrogen-bond donors (Lipinski definition) is 1. The van der Waals surface area contributed by atoms with E-state index in [0.29, 0.717) is 29.5 Å². The maximum Gasteiger partial charge on any atom is 0.264 e. The van der Waals surface area contributed by atoms with Gasteiger partial charge in [-0.3, -0.25) is 13.9 Å². The Bertz CT molecular complexity index is 1420. The summed E-state index contributed by atoms with van der Waals surface area (Å²) in [6.07, 6.45) is 1.95. The van der Waals surface area contributed by atoms with Crippen LogP contribution in [-0.2, 0) is 26.2 Å². The lowest BCUT2D eigenvalue weighted by Gasteiger charge is -2.33. The quantitative estimate of drug-likeness (QED) is 0.218. The zero-order valence-electron chi connectivity index (χ0n) is 24.1. The smallest absolute Gasteiger partial charge is 0.264 e. The molecule has 0 spiro atoms. The second-order valence-corrected chi connectivity index (χ2v) is 11.9. The predicted octanol–water partition coefficient (Wildman–Crippen LogP) is 5.80. The number of amides is 2. The summed E-state index contributed by atoms with van der Waals surface area (Å²) in [5.74, 6) is -0.821. The fourth-order valence-electron chi connectivity index (χ4n) is 4.35. The third-order valence-corrected chi connectivity index (χ3v) is 8.64. The van der Waals surface area contributed by atoms with E-state index in [0.717, 1.165) is 17.1 Å². The van der Waals surface area contributed by atoms with Crippen LogP contribution in [-0.4, -0.2) is 50.9 Å². The Morgan fingerprint density at radius 3 is 2.17 bits per heavy atom. The van der Waals surface area contributed by atoms with E-state index in [-0.39, 0.29) is 29.5 Å². The molecule has 3 rings (SSSR count). The van der Waals surface area contributed by atoms with E-state index in [4.69, 9.17) is 16.3 Å². The summed E-state index contributed by atoms with van der Waals surface area (Å²) < 4.78 is 48.0. The van der Waals surface area contributed by atoms with Crippen LogP contribution in [0.4, 0.5) is 10.1 Å². The molecule has 0 heterocycles. The van der Waals surface area contributed by atoms with Gasteiger partial charge in [0.2, 0.25) is 11.8 Å². The zero-order valence-corrected chi connectivity index (χ0v) is 25.6. The number of benzene rings is 3. The van der Waals surface area contributed by atoms with Crippen LogP contribution in [0.5, 0.6) is 5.75 Å². The molecule has 0 aliphatic carbocycles. The Morgan fingerprint density at radius 1 is 0.952 bits per heavy atom. The number of halogens is 2. The summed E-state index contributed by atoms with van der Waals surface area (Å²) in [6, 6.07) is 16.8. The van der Waals surface area contributed by atoms with Gasteiger partial charge in [-0.2, -0.15) is 0 Å². The summed E-state index contributed by atoms with van der Waals surface area (Å²) in [6.45, 7) is 5.90. The fourth-order valence-corrected chi connectivity index (χ4v) is 5.89. The van der Waals surface area contributed by atoms with E-state index in [2.05, 4.69) is 5.32 Å². The van der Waals surface area contributed by atoms with Crippen LogP contribution in [0.15, 0.2) is 77.7 Å². The highest BCUT2D eigenvalue weighted by Gasteiger charge is 2.33. The summed E-state index contributed by atoms with van der Waals surface area (Å²) in [5, 5.41) is 3.24. The number of ether oxygens (including phenoxy) is 1. The first-order valence-electron chi connectivity index (χ1n) is 13.9. The number of sulfonamides is 1. The fraction of sp³-hybridized carbons (Fsp3) is 0.355. The Balaban J connectivity index is 2.03. The van der Waals surface area contributed by atoms with Gasteiger partial charge in [-0.15, -0.1) is 0 Å². The number of hydrogen-bond acceptors (Lipinski definition) is 5. The summed E-state index contributed by atoms with van der Waals surface area (Å²) in [4.78, 5) is 28.6. The van der Waals surface area contributed by atoms with Gasteiger partial charge in [-0.25, -0.2) is 12.8 Å². The van der Waals surface area contributed by atoms with Crippen molar-refractivity contribution in [3.05, 3.63) is 89.2 Å². The van der Waals surface area contributed by atoms with E-state index >= 15 is 0 Å².